The van der Waals surface area contributed by atoms with Gasteiger partial charge < -0.3 is 5.32 Å². The number of carbonyl (C=O) groups excluding carboxylic acids is 3. The maximum absolute atomic E-state index is 11.9. The highest BCUT2D eigenvalue weighted by molar-refractivity contribution is 6.03. The molecule has 1 radical (unpaired) electrons. The van der Waals surface area contributed by atoms with Gasteiger partial charge in [-0.05, 0) is 11.6 Å². The van der Waals surface area contributed by atoms with Crippen LogP contribution in [0.25, 0.3) is 6.08 Å². The summed E-state index contributed by atoms with van der Waals surface area (Å²) in [6, 6.07) is 8.50. The van der Waals surface area contributed by atoms with Gasteiger partial charge in [0.2, 0.25) is 6.29 Å². The van der Waals surface area contributed by atoms with Crippen molar-refractivity contribution >= 4 is 24.3 Å². The summed E-state index contributed by atoms with van der Waals surface area (Å²) in [5.41, 5.74) is 0.822. The zero-order valence-corrected chi connectivity index (χ0v) is 10.9. The molecule has 0 aliphatic carbocycles. The third-order valence-electron chi connectivity index (χ3n) is 2.35. The molecule has 5 heteroatoms. The van der Waals surface area contributed by atoms with E-state index in [1.54, 1.807) is 6.08 Å². The summed E-state index contributed by atoms with van der Waals surface area (Å²) in [5.74, 6) is -0.584. The van der Waals surface area contributed by atoms with Crippen molar-refractivity contribution in [1.82, 2.24) is 10.2 Å². The third-order valence-corrected chi connectivity index (χ3v) is 2.35. The van der Waals surface area contributed by atoms with Crippen molar-refractivity contribution in [1.29, 1.82) is 0 Å². The normalized spacial score (nSPS) is 10.0. The van der Waals surface area contributed by atoms with Gasteiger partial charge in [-0.3, -0.25) is 14.5 Å². The molecule has 1 rings (SSSR count). The molecule has 0 aliphatic heterocycles. The van der Waals surface area contributed by atoms with E-state index in [0.717, 1.165) is 10.5 Å². The van der Waals surface area contributed by atoms with Gasteiger partial charge in [0.25, 0.3) is 5.91 Å². The van der Waals surface area contributed by atoms with Crippen molar-refractivity contribution in [2.24, 2.45) is 0 Å². The molecule has 0 aromatic heterocycles. The number of hydrogen-bond acceptors (Lipinski definition) is 3. The van der Waals surface area contributed by atoms with Crippen LogP contribution in [0.3, 0.4) is 0 Å². The molecule has 0 saturated heterocycles. The average Bonchev–Trinajstić information content (AvgIpc) is 2.49. The molecule has 0 unspecified atom stereocenters. The number of nitrogens with zero attached hydrogens (tertiary/aromatic N) is 1. The zero-order valence-electron chi connectivity index (χ0n) is 10.9. The van der Waals surface area contributed by atoms with Crippen molar-refractivity contribution in [3.63, 3.8) is 0 Å². The standard InChI is InChI=1S/C15H15N2O3/c1-2-10-16-15(20)17(11-12-18)14(19)9-8-13-6-4-3-5-7-13/h2-9H,1,10-11H2,(H,16,20)/b9-8+. The highest BCUT2D eigenvalue weighted by Crippen LogP contribution is 2.02. The number of carbonyl (C=O) groups is 2. The average molecular weight is 271 g/mol. The van der Waals surface area contributed by atoms with E-state index >= 15 is 0 Å². The Kier molecular flexibility index (Phi) is 6.47. The molecule has 20 heavy (non-hydrogen) atoms. The Labute approximate surface area is 117 Å². The predicted molar refractivity (Wildman–Crippen MR) is 76.5 cm³/mol. The van der Waals surface area contributed by atoms with E-state index in [4.69, 9.17) is 0 Å². The molecule has 1 N–H and O–H groups in total. The first-order chi connectivity index (χ1) is 9.69. The molecule has 1 aromatic carbocycles. The molecular weight excluding hydrogens is 256 g/mol. The Hall–Kier alpha value is -2.69. The van der Waals surface area contributed by atoms with Crippen molar-refractivity contribution in [2.45, 2.75) is 0 Å². The predicted octanol–water partition coefficient (Wildman–Crippen LogP) is 1.53. The summed E-state index contributed by atoms with van der Waals surface area (Å²) >= 11 is 0. The first-order valence-corrected chi connectivity index (χ1v) is 5.97. The fourth-order valence-electron chi connectivity index (χ4n) is 1.39. The van der Waals surface area contributed by atoms with Crippen LogP contribution < -0.4 is 5.32 Å². The van der Waals surface area contributed by atoms with E-state index in [2.05, 4.69) is 11.9 Å². The van der Waals surface area contributed by atoms with Crippen LogP contribution in [0.2, 0.25) is 0 Å². The summed E-state index contributed by atoms with van der Waals surface area (Å²) in [4.78, 5) is 34.8. The molecule has 0 aliphatic rings. The van der Waals surface area contributed by atoms with Gasteiger partial charge in [0.05, 0.1) is 6.54 Å². The minimum Gasteiger partial charge on any atom is -0.334 e. The van der Waals surface area contributed by atoms with Crippen LogP contribution in [-0.4, -0.2) is 36.2 Å². The van der Waals surface area contributed by atoms with E-state index in [9.17, 15) is 14.4 Å². The van der Waals surface area contributed by atoms with Gasteiger partial charge in [-0.25, -0.2) is 4.79 Å². The molecule has 0 saturated carbocycles. The quantitative estimate of drug-likeness (QED) is 0.630. The van der Waals surface area contributed by atoms with Crippen LogP contribution >= 0.6 is 0 Å². The third kappa shape index (κ3) is 4.89. The van der Waals surface area contributed by atoms with Gasteiger partial charge in [0, 0.05) is 12.6 Å². The van der Waals surface area contributed by atoms with Crippen molar-refractivity contribution in [2.75, 3.05) is 13.1 Å². The van der Waals surface area contributed by atoms with Gasteiger partial charge >= 0.3 is 6.03 Å². The summed E-state index contributed by atoms with van der Waals surface area (Å²) in [5, 5.41) is 2.43. The van der Waals surface area contributed by atoms with Crippen molar-refractivity contribution in [3.05, 3.63) is 54.6 Å². The SMILES string of the molecule is C=CCNC(=O)N(C[C]=O)C(=O)/C=C/c1ccccc1. The maximum atomic E-state index is 11.9. The first kappa shape index (κ1) is 15.4. The molecule has 0 bridgehead atoms. The van der Waals surface area contributed by atoms with Crippen LogP contribution in [-0.2, 0) is 9.59 Å². The van der Waals surface area contributed by atoms with Gasteiger partial charge in [-0.2, -0.15) is 0 Å². The van der Waals surface area contributed by atoms with E-state index in [1.807, 2.05) is 30.3 Å². The van der Waals surface area contributed by atoms with Crippen LogP contribution in [0.1, 0.15) is 5.56 Å². The molecule has 5 nitrogen and oxygen atoms in total. The summed E-state index contributed by atoms with van der Waals surface area (Å²) in [6.07, 6.45) is 5.82. The molecule has 0 spiro atoms. The van der Waals surface area contributed by atoms with Crippen LogP contribution in [0, 0.1) is 0 Å². The number of rotatable bonds is 6. The number of amides is 3. The summed E-state index contributed by atoms with van der Waals surface area (Å²) in [6.45, 7) is 3.25. The second-order valence-electron chi connectivity index (χ2n) is 3.79. The van der Waals surface area contributed by atoms with E-state index in [0.29, 0.717) is 0 Å². The fourth-order valence-corrected chi connectivity index (χ4v) is 1.39. The van der Waals surface area contributed by atoms with Crippen molar-refractivity contribution < 1.29 is 14.4 Å². The van der Waals surface area contributed by atoms with Crippen LogP contribution in [0.5, 0.6) is 0 Å². The minimum absolute atomic E-state index is 0.212. The maximum Gasteiger partial charge on any atom is 0.325 e. The van der Waals surface area contributed by atoms with Crippen molar-refractivity contribution in [3.8, 4) is 0 Å². The van der Waals surface area contributed by atoms with Gasteiger partial charge in [-0.15, -0.1) is 6.58 Å². The van der Waals surface area contributed by atoms with Gasteiger partial charge in [-0.1, -0.05) is 36.4 Å². The highest BCUT2D eigenvalue weighted by atomic mass is 16.2. The Bertz CT molecular complexity index is 509. The Morgan fingerprint density at radius 2 is 2.00 bits per heavy atom. The smallest absolute Gasteiger partial charge is 0.325 e. The Balaban J connectivity index is 2.73. The Morgan fingerprint density at radius 3 is 2.60 bits per heavy atom. The van der Waals surface area contributed by atoms with Gasteiger partial charge in [0.1, 0.15) is 0 Å². The zero-order chi connectivity index (χ0) is 14.8. The highest BCUT2D eigenvalue weighted by Gasteiger charge is 2.18. The topological polar surface area (TPSA) is 66.5 Å². The molecule has 3 amide bonds. The minimum atomic E-state index is -0.657. The lowest BCUT2D eigenvalue weighted by Gasteiger charge is -2.16. The van der Waals surface area contributed by atoms with E-state index < -0.39 is 18.5 Å². The Morgan fingerprint density at radius 1 is 1.30 bits per heavy atom. The number of hydrogen-bond donors (Lipinski definition) is 1. The number of urea groups is 1. The molecule has 0 atom stereocenters. The lowest BCUT2D eigenvalue weighted by molar-refractivity contribution is -0.122. The number of nitrogens with one attached hydrogen (secondary N) is 1. The first-order valence-electron chi connectivity index (χ1n) is 5.97. The van der Waals surface area contributed by atoms with Crippen LogP contribution in [0.4, 0.5) is 4.79 Å². The second-order valence-corrected chi connectivity index (χ2v) is 3.79. The molecule has 0 heterocycles. The monoisotopic (exact) mass is 271 g/mol. The molecule has 0 fully saturated rings. The van der Waals surface area contributed by atoms with E-state index in [1.165, 1.54) is 18.4 Å². The fraction of sp³-hybridized carbons (Fsp3) is 0.133. The van der Waals surface area contributed by atoms with Gasteiger partial charge in [0.15, 0.2) is 0 Å². The second kappa shape index (κ2) is 8.42. The lowest BCUT2D eigenvalue weighted by atomic mass is 10.2. The summed E-state index contributed by atoms with van der Waals surface area (Å²) in [7, 11) is 0. The van der Waals surface area contributed by atoms with Crippen LogP contribution in [0.15, 0.2) is 49.1 Å². The molecule has 103 valence electrons. The summed E-state index contributed by atoms with van der Waals surface area (Å²) < 4.78 is 0. The molecule has 1 aromatic rings. The molecular formula is C15H15N2O3. The largest absolute Gasteiger partial charge is 0.334 e. The van der Waals surface area contributed by atoms with E-state index in [-0.39, 0.29) is 6.54 Å². The number of imide groups is 1. The number of benzene rings is 1. The lowest BCUT2D eigenvalue weighted by Crippen LogP contribution is -2.44.